The number of nitrogens with zero attached hydrogens (tertiary/aromatic N) is 2. The fraction of sp³-hybridized carbons (Fsp3) is 0.417. The molecule has 2 aromatic rings. The highest BCUT2D eigenvalue weighted by Crippen LogP contribution is 2.22. The van der Waals surface area contributed by atoms with Gasteiger partial charge in [-0.2, -0.15) is 0 Å². The molecule has 1 fully saturated rings. The van der Waals surface area contributed by atoms with Crippen molar-refractivity contribution in [2.75, 3.05) is 32.7 Å². The van der Waals surface area contributed by atoms with Crippen LogP contribution in [0, 0.1) is 5.92 Å². The summed E-state index contributed by atoms with van der Waals surface area (Å²) in [4.78, 5) is 23.5. The van der Waals surface area contributed by atoms with E-state index in [1.54, 1.807) is 0 Å². The van der Waals surface area contributed by atoms with E-state index in [1.807, 2.05) is 0 Å². The van der Waals surface area contributed by atoms with Gasteiger partial charge in [0.25, 0.3) is 0 Å². The van der Waals surface area contributed by atoms with E-state index in [1.165, 1.54) is 68.3 Å². The highest BCUT2D eigenvalue weighted by atomic mass is 16.4. The number of rotatable bonds is 4. The number of carboxylic acids is 2. The first-order valence-corrected chi connectivity index (χ1v) is 10.6. The smallest absolute Gasteiger partial charge is 0.414 e. The fourth-order valence-corrected chi connectivity index (χ4v) is 4.19. The number of fused-ring (bicyclic) bond motifs is 1. The van der Waals surface area contributed by atoms with Crippen LogP contribution in [0.15, 0.2) is 54.6 Å². The predicted molar refractivity (Wildman–Crippen MR) is 117 cm³/mol. The van der Waals surface area contributed by atoms with Crippen molar-refractivity contribution < 1.29 is 19.8 Å². The van der Waals surface area contributed by atoms with E-state index in [-0.39, 0.29) is 0 Å². The van der Waals surface area contributed by atoms with Crippen LogP contribution in [0.2, 0.25) is 0 Å². The van der Waals surface area contributed by atoms with E-state index in [0.717, 1.165) is 12.5 Å². The Morgan fingerprint density at radius 2 is 1.53 bits per heavy atom. The van der Waals surface area contributed by atoms with Crippen LogP contribution < -0.4 is 0 Å². The van der Waals surface area contributed by atoms with Gasteiger partial charge in [-0.05, 0) is 41.5 Å². The van der Waals surface area contributed by atoms with Gasteiger partial charge in [-0.1, -0.05) is 54.6 Å². The molecule has 1 aliphatic carbocycles. The Morgan fingerprint density at radius 3 is 2.20 bits per heavy atom. The van der Waals surface area contributed by atoms with Crippen LogP contribution in [0.25, 0.3) is 10.8 Å². The summed E-state index contributed by atoms with van der Waals surface area (Å²) in [6.45, 7) is 7.24. The minimum Gasteiger partial charge on any atom is -0.473 e. The maximum Gasteiger partial charge on any atom is 0.414 e. The molecular weight excluding hydrogens is 380 g/mol. The van der Waals surface area contributed by atoms with Crippen LogP contribution in [0.5, 0.6) is 0 Å². The molecule has 0 aromatic heterocycles. The van der Waals surface area contributed by atoms with Gasteiger partial charge >= 0.3 is 11.9 Å². The SMILES string of the molecule is C1=CCC(CN2CCN(Cc3cccc4ccccc34)CC2)CC1.O=C(O)C(=O)O. The van der Waals surface area contributed by atoms with Gasteiger partial charge in [0.05, 0.1) is 0 Å². The quantitative estimate of drug-likeness (QED) is 0.593. The number of allylic oxidation sites excluding steroid dienone is 2. The summed E-state index contributed by atoms with van der Waals surface area (Å²) in [6, 6.07) is 15.5. The summed E-state index contributed by atoms with van der Waals surface area (Å²) >= 11 is 0. The first-order valence-electron chi connectivity index (χ1n) is 10.6. The average Bonchev–Trinajstić information content (AvgIpc) is 2.76. The first kappa shape index (κ1) is 22.0. The van der Waals surface area contributed by atoms with Crippen molar-refractivity contribution in [3.63, 3.8) is 0 Å². The lowest BCUT2D eigenvalue weighted by atomic mass is 9.94. The molecule has 6 heteroatoms. The van der Waals surface area contributed by atoms with E-state index >= 15 is 0 Å². The van der Waals surface area contributed by atoms with Gasteiger partial charge in [-0.25, -0.2) is 9.59 Å². The number of piperazine rings is 1. The molecule has 1 heterocycles. The molecule has 4 rings (SSSR count). The normalized spacial score (nSPS) is 19.8. The monoisotopic (exact) mass is 410 g/mol. The molecule has 2 aromatic carbocycles. The number of aliphatic carboxylic acids is 2. The Kier molecular flexibility index (Phi) is 7.99. The second-order valence-corrected chi connectivity index (χ2v) is 7.98. The molecule has 2 N–H and O–H groups in total. The van der Waals surface area contributed by atoms with Crippen LogP contribution >= 0.6 is 0 Å². The van der Waals surface area contributed by atoms with Crippen molar-refractivity contribution in [3.8, 4) is 0 Å². The van der Waals surface area contributed by atoms with Crippen LogP contribution in [0.3, 0.4) is 0 Å². The van der Waals surface area contributed by atoms with Gasteiger partial charge in [0.2, 0.25) is 0 Å². The fourth-order valence-electron chi connectivity index (χ4n) is 4.19. The lowest BCUT2D eigenvalue weighted by Gasteiger charge is -2.37. The van der Waals surface area contributed by atoms with Crippen molar-refractivity contribution in [2.24, 2.45) is 5.92 Å². The van der Waals surface area contributed by atoms with E-state index in [2.05, 4.69) is 64.4 Å². The Labute approximate surface area is 177 Å². The molecule has 1 aliphatic heterocycles. The van der Waals surface area contributed by atoms with Crippen molar-refractivity contribution >= 4 is 22.7 Å². The number of benzene rings is 2. The minimum atomic E-state index is -1.82. The molecule has 0 radical (unpaired) electrons. The van der Waals surface area contributed by atoms with Crippen LogP contribution in [-0.4, -0.2) is 64.7 Å². The predicted octanol–water partition coefficient (Wildman–Crippen LogP) is 3.47. The van der Waals surface area contributed by atoms with Crippen molar-refractivity contribution in [1.82, 2.24) is 9.80 Å². The first-order chi connectivity index (χ1) is 14.5. The zero-order chi connectivity index (χ0) is 21.3. The molecule has 1 saturated heterocycles. The highest BCUT2D eigenvalue weighted by molar-refractivity contribution is 6.27. The third-order valence-electron chi connectivity index (χ3n) is 5.82. The van der Waals surface area contributed by atoms with Gasteiger partial charge in [0, 0.05) is 39.3 Å². The molecular formula is C24H30N2O4. The Morgan fingerprint density at radius 1 is 0.867 bits per heavy atom. The molecule has 0 spiro atoms. The topological polar surface area (TPSA) is 81.1 Å². The largest absolute Gasteiger partial charge is 0.473 e. The number of hydrogen-bond acceptors (Lipinski definition) is 4. The van der Waals surface area contributed by atoms with Gasteiger partial charge in [0.1, 0.15) is 0 Å². The molecule has 1 unspecified atom stereocenters. The van der Waals surface area contributed by atoms with Crippen LogP contribution in [0.1, 0.15) is 24.8 Å². The number of hydrogen-bond donors (Lipinski definition) is 2. The number of carbonyl (C=O) groups is 2. The Hall–Kier alpha value is -2.70. The summed E-state index contributed by atoms with van der Waals surface area (Å²) in [5.41, 5.74) is 1.47. The van der Waals surface area contributed by atoms with Crippen LogP contribution in [0.4, 0.5) is 0 Å². The van der Waals surface area contributed by atoms with Gasteiger partial charge in [-0.15, -0.1) is 0 Å². The molecule has 30 heavy (non-hydrogen) atoms. The molecule has 0 bridgehead atoms. The van der Waals surface area contributed by atoms with E-state index < -0.39 is 11.9 Å². The minimum absolute atomic E-state index is 0.889. The zero-order valence-corrected chi connectivity index (χ0v) is 17.2. The third kappa shape index (κ3) is 6.40. The number of carboxylic acid groups (broad SMARTS) is 2. The third-order valence-corrected chi connectivity index (χ3v) is 5.82. The molecule has 6 nitrogen and oxygen atoms in total. The van der Waals surface area contributed by atoms with E-state index in [4.69, 9.17) is 19.8 Å². The maximum atomic E-state index is 9.10. The summed E-state index contributed by atoms with van der Waals surface area (Å²) in [7, 11) is 0. The highest BCUT2D eigenvalue weighted by Gasteiger charge is 2.20. The van der Waals surface area contributed by atoms with Crippen molar-refractivity contribution in [2.45, 2.75) is 25.8 Å². The van der Waals surface area contributed by atoms with E-state index in [0.29, 0.717) is 0 Å². The summed E-state index contributed by atoms with van der Waals surface area (Å²) in [5.74, 6) is -2.76. The second kappa shape index (κ2) is 10.9. The Balaban J connectivity index is 0.000000377. The van der Waals surface area contributed by atoms with Crippen molar-refractivity contribution in [3.05, 3.63) is 60.2 Å². The molecule has 1 atom stereocenters. The average molecular weight is 411 g/mol. The summed E-state index contributed by atoms with van der Waals surface area (Å²) < 4.78 is 0. The second-order valence-electron chi connectivity index (χ2n) is 7.98. The summed E-state index contributed by atoms with van der Waals surface area (Å²) in [6.07, 6.45) is 8.68. The van der Waals surface area contributed by atoms with Crippen LogP contribution in [-0.2, 0) is 16.1 Å². The zero-order valence-electron chi connectivity index (χ0n) is 17.2. The molecule has 2 aliphatic rings. The molecule has 160 valence electrons. The lowest BCUT2D eigenvalue weighted by molar-refractivity contribution is -0.159. The van der Waals surface area contributed by atoms with Gasteiger partial charge in [0.15, 0.2) is 0 Å². The van der Waals surface area contributed by atoms with Gasteiger partial charge < -0.3 is 15.1 Å². The van der Waals surface area contributed by atoms with Crippen molar-refractivity contribution in [1.29, 1.82) is 0 Å². The van der Waals surface area contributed by atoms with E-state index in [9.17, 15) is 0 Å². The lowest BCUT2D eigenvalue weighted by Crippen LogP contribution is -2.47. The Bertz CT molecular complexity index is 870. The molecule has 0 saturated carbocycles. The van der Waals surface area contributed by atoms with Gasteiger partial charge in [-0.3, -0.25) is 4.90 Å². The summed E-state index contributed by atoms with van der Waals surface area (Å²) in [5, 5.41) is 17.6. The maximum absolute atomic E-state index is 9.10. The molecule has 0 amide bonds. The standard InChI is InChI=1S/C22H28N2.C2H2O4/c1-2-7-19(8-3-1)17-23-13-15-24(16-14-23)18-21-11-6-10-20-9-4-5-12-22(20)21;3-1(4)2(5)6/h1-2,4-6,9-12,19H,3,7-8,13-18H2;(H,3,4)(H,5,6).